The van der Waals surface area contributed by atoms with Gasteiger partial charge in [0.05, 0.1) is 6.10 Å². The van der Waals surface area contributed by atoms with Gasteiger partial charge in [-0.3, -0.25) is 0 Å². The summed E-state index contributed by atoms with van der Waals surface area (Å²) in [4.78, 5) is 11.2. The minimum Gasteiger partial charge on any atom is -0.378 e. The van der Waals surface area contributed by atoms with Gasteiger partial charge in [-0.1, -0.05) is 58.6 Å². The summed E-state index contributed by atoms with van der Waals surface area (Å²) in [6, 6.07) is 0. The van der Waals surface area contributed by atoms with Gasteiger partial charge in [0, 0.05) is 13.0 Å². The monoisotopic (exact) mass is 458 g/mol. The van der Waals surface area contributed by atoms with Crippen molar-refractivity contribution in [2.45, 2.75) is 138 Å². The fourth-order valence-corrected chi connectivity index (χ4v) is 7.96. The molecule has 2 heteroatoms. The molecule has 0 radical (unpaired) electrons. The molecule has 0 aromatic rings. The number of carbonyl (C=O) groups excluding carboxylic acids is 1. The van der Waals surface area contributed by atoms with Crippen molar-refractivity contribution < 1.29 is 9.53 Å². The second-order valence-electron chi connectivity index (χ2n) is 12.9. The number of Topliss-reactive ketones (excluding diaryl/α,β-unsaturated/α-hetero) is 1. The van der Waals surface area contributed by atoms with Gasteiger partial charge < -0.3 is 9.53 Å². The molecule has 0 aromatic heterocycles. The molecule has 0 heterocycles. The molecule has 3 rings (SSSR count). The van der Waals surface area contributed by atoms with Crippen LogP contribution in [0.3, 0.4) is 0 Å². The van der Waals surface area contributed by atoms with Crippen molar-refractivity contribution in [2.24, 2.45) is 34.5 Å². The van der Waals surface area contributed by atoms with Gasteiger partial charge in [0.2, 0.25) is 0 Å². The normalized spacial score (nSPS) is 38.1. The van der Waals surface area contributed by atoms with Gasteiger partial charge in [0.25, 0.3) is 0 Å². The molecule has 3 aliphatic carbocycles. The van der Waals surface area contributed by atoms with Crippen molar-refractivity contribution in [2.75, 3.05) is 6.61 Å². The van der Waals surface area contributed by atoms with Crippen LogP contribution in [0.2, 0.25) is 0 Å². The standard InChI is InChI=1S/C31H54O2/c1-7-25-22-29(33-20-10-12-24(4)32)17-19-30(25,5)28-16-18-31(6)26(14-15-27(31)21-28)13-9-8-11-23(2)3/h7,23,26-29H,8-22H2,1-6H3/b25-7-. The Bertz CT molecular complexity index is 664. The number of unbranched alkanes of at least 4 members (excludes halogenated alkanes) is 1. The maximum absolute atomic E-state index is 11.2. The third-order valence-electron chi connectivity index (χ3n) is 10.4. The first-order valence-electron chi connectivity index (χ1n) is 14.5. The largest absolute Gasteiger partial charge is 0.378 e. The summed E-state index contributed by atoms with van der Waals surface area (Å²) >= 11 is 0. The Kier molecular flexibility index (Phi) is 9.70. The van der Waals surface area contributed by atoms with Crippen LogP contribution in [0.5, 0.6) is 0 Å². The molecule has 0 aromatic carbocycles. The van der Waals surface area contributed by atoms with E-state index in [2.05, 4.69) is 40.7 Å². The molecule has 0 amide bonds. The minimum absolute atomic E-state index is 0.276. The van der Waals surface area contributed by atoms with E-state index in [1.165, 1.54) is 70.6 Å². The van der Waals surface area contributed by atoms with E-state index >= 15 is 0 Å². The maximum atomic E-state index is 11.2. The number of ketones is 1. The molecule has 33 heavy (non-hydrogen) atoms. The lowest BCUT2D eigenvalue weighted by molar-refractivity contribution is -0.117. The van der Waals surface area contributed by atoms with Crippen molar-refractivity contribution in [3.05, 3.63) is 11.6 Å². The molecule has 0 aliphatic heterocycles. The van der Waals surface area contributed by atoms with Crippen LogP contribution in [-0.4, -0.2) is 18.5 Å². The van der Waals surface area contributed by atoms with E-state index < -0.39 is 0 Å². The first-order chi connectivity index (χ1) is 15.7. The first-order valence-corrected chi connectivity index (χ1v) is 14.5. The number of allylic oxidation sites excluding steroid dienone is 1. The zero-order valence-electron chi connectivity index (χ0n) is 22.9. The van der Waals surface area contributed by atoms with Crippen LogP contribution in [-0.2, 0) is 9.53 Å². The lowest BCUT2D eigenvalue weighted by Crippen LogP contribution is -2.43. The van der Waals surface area contributed by atoms with E-state index in [-0.39, 0.29) is 5.78 Å². The van der Waals surface area contributed by atoms with Crippen LogP contribution in [0.15, 0.2) is 11.6 Å². The molecule has 190 valence electrons. The van der Waals surface area contributed by atoms with Crippen molar-refractivity contribution in [1.29, 1.82) is 0 Å². The molecule has 0 saturated heterocycles. The molecular formula is C31H54O2. The summed E-state index contributed by atoms with van der Waals surface area (Å²) in [6.45, 7) is 14.6. The van der Waals surface area contributed by atoms with Crippen LogP contribution < -0.4 is 0 Å². The summed E-state index contributed by atoms with van der Waals surface area (Å²) in [5.74, 6) is 3.90. The Morgan fingerprint density at radius 2 is 1.85 bits per heavy atom. The summed E-state index contributed by atoms with van der Waals surface area (Å²) < 4.78 is 6.21. The van der Waals surface area contributed by atoms with Crippen LogP contribution in [0.1, 0.15) is 131 Å². The molecular weight excluding hydrogens is 404 g/mol. The third-order valence-corrected chi connectivity index (χ3v) is 10.4. The molecule has 0 spiro atoms. The maximum Gasteiger partial charge on any atom is 0.129 e. The zero-order chi connectivity index (χ0) is 24.1. The molecule has 6 unspecified atom stereocenters. The molecule has 2 nitrogen and oxygen atoms in total. The highest BCUT2D eigenvalue weighted by atomic mass is 16.5. The molecule has 0 bridgehead atoms. The average molecular weight is 459 g/mol. The highest BCUT2D eigenvalue weighted by Crippen LogP contribution is 2.62. The number of ether oxygens (including phenoxy) is 1. The van der Waals surface area contributed by atoms with Crippen LogP contribution in [0.25, 0.3) is 0 Å². The number of hydrogen-bond acceptors (Lipinski definition) is 2. The van der Waals surface area contributed by atoms with Crippen molar-refractivity contribution >= 4 is 5.78 Å². The van der Waals surface area contributed by atoms with Gasteiger partial charge in [-0.25, -0.2) is 0 Å². The predicted octanol–water partition coefficient (Wildman–Crippen LogP) is 8.93. The van der Waals surface area contributed by atoms with E-state index in [1.54, 1.807) is 12.5 Å². The summed E-state index contributed by atoms with van der Waals surface area (Å²) in [5.41, 5.74) is 2.63. The zero-order valence-corrected chi connectivity index (χ0v) is 22.9. The summed E-state index contributed by atoms with van der Waals surface area (Å²) in [6.07, 6.45) is 20.9. The van der Waals surface area contributed by atoms with Crippen molar-refractivity contribution in [3.63, 3.8) is 0 Å². The Morgan fingerprint density at radius 3 is 2.55 bits per heavy atom. The lowest BCUT2D eigenvalue weighted by Gasteiger charge is -2.52. The van der Waals surface area contributed by atoms with E-state index in [4.69, 9.17) is 4.74 Å². The third kappa shape index (κ3) is 6.53. The van der Waals surface area contributed by atoms with E-state index in [9.17, 15) is 4.79 Å². The second-order valence-corrected chi connectivity index (χ2v) is 12.9. The highest BCUT2D eigenvalue weighted by Gasteiger charge is 2.52. The van der Waals surface area contributed by atoms with E-state index in [0.29, 0.717) is 23.4 Å². The van der Waals surface area contributed by atoms with Crippen molar-refractivity contribution in [1.82, 2.24) is 0 Å². The lowest BCUT2D eigenvalue weighted by atomic mass is 9.53. The number of rotatable bonds is 11. The van der Waals surface area contributed by atoms with Crippen LogP contribution >= 0.6 is 0 Å². The number of hydrogen-bond donors (Lipinski definition) is 0. The molecule has 6 atom stereocenters. The topological polar surface area (TPSA) is 26.3 Å². The average Bonchev–Trinajstić information content (AvgIpc) is 3.10. The van der Waals surface area contributed by atoms with Crippen molar-refractivity contribution in [3.8, 4) is 0 Å². The Hall–Kier alpha value is -0.630. The smallest absolute Gasteiger partial charge is 0.129 e. The van der Waals surface area contributed by atoms with E-state index in [1.807, 2.05) is 0 Å². The Morgan fingerprint density at radius 1 is 1.06 bits per heavy atom. The van der Waals surface area contributed by atoms with Gasteiger partial charge in [-0.2, -0.15) is 0 Å². The minimum atomic E-state index is 0.276. The molecule has 0 N–H and O–H groups in total. The van der Waals surface area contributed by atoms with Gasteiger partial charge in [0.1, 0.15) is 5.78 Å². The summed E-state index contributed by atoms with van der Waals surface area (Å²) in [5, 5.41) is 0. The van der Waals surface area contributed by atoms with Gasteiger partial charge in [-0.05, 0) is 113 Å². The highest BCUT2D eigenvalue weighted by molar-refractivity contribution is 5.75. The molecule has 3 aliphatic rings. The van der Waals surface area contributed by atoms with Crippen LogP contribution in [0, 0.1) is 34.5 Å². The fourth-order valence-electron chi connectivity index (χ4n) is 7.96. The van der Waals surface area contributed by atoms with Crippen LogP contribution in [0.4, 0.5) is 0 Å². The Labute approximate surface area is 205 Å². The molecule has 3 saturated carbocycles. The number of fused-ring (bicyclic) bond motifs is 1. The molecule has 3 fully saturated rings. The van der Waals surface area contributed by atoms with Gasteiger partial charge in [0.15, 0.2) is 0 Å². The number of carbonyl (C=O) groups is 1. The second kappa shape index (κ2) is 11.9. The SMILES string of the molecule is C/C=C1/CC(OCCCC(C)=O)CCC1(C)C1CCC2(C)C(CCCCC(C)C)CCC2C1. The fraction of sp³-hybridized carbons (Fsp3) is 0.903. The summed E-state index contributed by atoms with van der Waals surface area (Å²) in [7, 11) is 0. The van der Waals surface area contributed by atoms with Gasteiger partial charge >= 0.3 is 0 Å². The van der Waals surface area contributed by atoms with E-state index in [0.717, 1.165) is 43.1 Å². The first kappa shape index (κ1) is 27.0. The predicted molar refractivity (Wildman–Crippen MR) is 140 cm³/mol. The quantitative estimate of drug-likeness (QED) is 0.228. The Balaban J connectivity index is 1.53. The van der Waals surface area contributed by atoms with Gasteiger partial charge in [-0.15, -0.1) is 0 Å².